The first-order valence-electron chi connectivity index (χ1n) is 7.24. The number of amides is 1. The summed E-state index contributed by atoms with van der Waals surface area (Å²) in [4.78, 5) is 33.9. The molecule has 0 atom stereocenters. The normalized spacial score (nSPS) is 9.69. The van der Waals surface area contributed by atoms with Crippen molar-refractivity contribution in [2.45, 2.75) is 0 Å². The first-order chi connectivity index (χ1) is 12.4. The lowest BCUT2D eigenvalue weighted by Crippen LogP contribution is -2.21. The zero-order chi connectivity index (χ0) is 19.1. The molecule has 0 aliphatic rings. The molecule has 0 fully saturated rings. The molecule has 0 radical (unpaired) electrons. The molecule has 0 saturated carbocycles. The molecular weight excluding hydrogens is 342 g/mol. The number of nitrogens with one attached hydrogen (secondary N) is 1. The Morgan fingerprint density at radius 2 is 1.92 bits per heavy atom. The van der Waals surface area contributed by atoms with Gasteiger partial charge in [-0.25, -0.2) is 4.79 Å². The van der Waals surface area contributed by atoms with E-state index in [1.807, 2.05) is 6.07 Å². The van der Waals surface area contributed by atoms with E-state index in [9.17, 15) is 19.7 Å². The second-order valence-corrected chi connectivity index (χ2v) is 4.96. The van der Waals surface area contributed by atoms with E-state index in [0.717, 1.165) is 0 Å². The molecule has 9 nitrogen and oxygen atoms in total. The summed E-state index contributed by atoms with van der Waals surface area (Å²) in [7, 11) is 1.31. The van der Waals surface area contributed by atoms with E-state index in [1.54, 1.807) is 0 Å². The van der Waals surface area contributed by atoms with E-state index in [2.05, 4.69) is 5.32 Å². The molecule has 0 aliphatic carbocycles. The Kier molecular flexibility index (Phi) is 5.84. The lowest BCUT2D eigenvalue weighted by Gasteiger charge is -2.10. The molecule has 2 aromatic carbocycles. The van der Waals surface area contributed by atoms with Gasteiger partial charge in [-0.05, 0) is 30.3 Å². The smallest absolute Gasteiger partial charge is 0.338 e. The average Bonchev–Trinajstić information content (AvgIpc) is 2.66. The van der Waals surface area contributed by atoms with E-state index < -0.39 is 23.4 Å². The van der Waals surface area contributed by atoms with Crippen LogP contribution in [0.25, 0.3) is 0 Å². The molecule has 0 saturated heterocycles. The van der Waals surface area contributed by atoms with E-state index in [1.165, 1.54) is 49.6 Å². The van der Waals surface area contributed by atoms with Gasteiger partial charge >= 0.3 is 5.97 Å². The lowest BCUT2D eigenvalue weighted by atomic mass is 10.1. The van der Waals surface area contributed by atoms with Crippen molar-refractivity contribution in [3.05, 3.63) is 63.7 Å². The van der Waals surface area contributed by atoms with Crippen LogP contribution >= 0.6 is 0 Å². The van der Waals surface area contributed by atoms with Crippen molar-refractivity contribution in [2.75, 3.05) is 19.0 Å². The van der Waals surface area contributed by atoms with E-state index in [4.69, 9.17) is 14.7 Å². The quantitative estimate of drug-likeness (QED) is 0.477. The summed E-state index contributed by atoms with van der Waals surface area (Å²) in [6, 6.07) is 11.4. The molecule has 132 valence electrons. The Morgan fingerprint density at radius 3 is 2.50 bits per heavy atom. The molecule has 2 aromatic rings. The zero-order valence-electron chi connectivity index (χ0n) is 13.6. The number of carbonyl (C=O) groups excluding carboxylic acids is 2. The van der Waals surface area contributed by atoms with Crippen molar-refractivity contribution in [1.82, 2.24) is 0 Å². The summed E-state index contributed by atoms with van der Waals surface area (Å²) in [5.41, 5.74) is 0.610. The van der Waals surface area contributed by atoms with Gasteiger partial charge in [0.25, 0.3) is 11.6 Å². The van der Waals surface area contributed by atoms with Crippen LogP contribution < -0.4 is 10.1 Å². The number of methoxy groups -OCH3 is 1. The topological polar surface area (TPSA) is 132 Å². The fourth-order valence-electron chi connectivity index (χ4n) is 1.98. The van der Waals surface area contributed by atoms with E-state index in [0.29, 0.717) is 5.56 Å². The predicted octanol–water partition coefficient (Wildman–Crippen LogP) is 2.27. The van der Waals surface area contributed by atoms with Gasteiger partial charge in [0.05, 0.1) is 41.0 Å². The Balaban J connectivity index is 1.97. The van der Waals surface area contributed by atoms with Gasteiger partial charge in [0.1, 0.15) is 5.75 Å². The number of nitriles is 1. The Morgan fingerprint density at radius 1 is 1.23 bits per heavy atom. The van der Waals surface area contributed by atoms with Crippen molar-refractivity contribution in [1.29, 1.82) is 5.26 Å². The third-order valence-corrected chi connectivity index (χ3v) is 3.25. The van der Waals surface area contributed by atoms with Crippen LogP contribution in [0.15, 0.2) is 42.5 Å². The van der Waals surface area contributed by atoms with Crippen LogP contribution in [0.5, 0.6) is 5.75 Å². The van der Waals surface area contributed by atoms with Crippen molar-refractivity contribution in [3.8, 4) is 11.8 Å². The number of nitro benzene ring substituents is 1. The molecule has 0 unspecified atom stereocenters. The maximum atomic E-state index is 11.9. The van der Waals surface area contributed by atoms with Gasteiger partial charge < -0.3 is 14.8 Å². The highest BCUT2D eigenvalue weighted by Crippen LogP contribution is 2.28. The van der Waals surface area contributed by atoms with Crippen molar-refractivity contribution < 1.29 is 24.0 Å². The minimum absolute atomic E-state index is 0.103. The molecule has 2 rings (SSSR count). The van der Waals surface area contributed by atoms with Gasteiger partial charge in [-0.1, -0.05) is 0 Å². The van der Waals surface area contributed by atoms with Crippen LogP contribution in [0, 0.1) is 21.4 Å². The summed E-state index contributed by atoms with van der Waals surface area (Å²) >= 11 is 0. The number of benzene rings is 2. The number of hydrogen-bond donors (Lipinski definition) is 1. The largest absolute Gasteiger partial charge is 0.494 e. The second kappa shape index (κ2) is 8.25. The summed E-state index contributed by atoms with van der Waals surface area (Å²) in [5, 5.41) is 21.9. The highest BCUT2D eigenvalue weighted by Gasteiger charge is 2.15. The summed E-state index contributed by atoms with van der Waals surface area (Å²) in [5.74, 6) is -1.26. The number of ether oxygens (including phenoxy) is 2. The second-order valence-electron chi connectivity index (χ2n) is 4.96. The van der Waals surface area contributed by atoms with Crippen molar-refractivity contribution >= 4 is 23.3 Å². The fourth-order valence-corrected chi connectivity index (χ4v) is 1.98. The monoisotopic (exact) mass is 355 g/mol. The molecule has 26 heavy (non-hydrogen) atoms. The SMILES string of the molecule is COc1cc([N+](=O)[O-])ccc1NC(=O)COC(=O)c1ccc(C#N)cc1. The Labute approximate surface area is 147 Å². The van der Waals surface area contributed by atoms with Crippen LogP contribution in [0.1, 0.15) is 15.9 Å². The van der Waals surface area contributed by atoms with E-state index in [-0.39, 0.29) is 22.7 Å². The number of non-ortho nitro benzene ring substituents is 1. The van der Waals surface area contributed by atoms with Gasteiger partial charge in [-0.15, -0.1) is 0 Å². The average molecular weight is 355 g/mol. The number of nitro groups is 1. The first kappa shape index (κ1) is 18.4. The van der Waals surface area contributed by atoms with Gasteiger partial charge in [-0.3, -0.25) is 14.9 Å². The highest BCUT2D eigenvalue weighted by molar-refractivity contribution is 5.96. The molecule has 0 spiro atoms. The molecule has 9 heteroatoms. The van der Waals surface area contributed by atoms with Gasteiger partial charge in [0.2, 0.25) is 0 Å². The van der Waals surface area contributed by atoms with E-state index >= 15 is 0 Å². The van der Waals surface area contributed by atoms with Gasteiger partial charge in [-0.2, -0.15) is 5.26 Å². The predicted molar refractivity (Wildman–Crippen MR) is 89.7 cm³/mol. The number of nitrogens with zero attached hydrogens (tertiary/aromatic N) is 2. The Hall–Kier alpha value is -3.93. The third kappa shape index (κ3) is 4.55. The molecule has 1 amide bonds. The summed E-state index contributed by atoms with van der Waals surface area (Å²) in [6.07, 6.45) is 0. The van der Waals surface area contributed by atoms with Crippen LogP contribution in [0.2, 0.25) is 0 Å². The Bertz CT molecular complexity index is 886. The summed E-state index contributed by atoms with van der Waals surface area (Å²) < 4.78 is 9.89. The third-order valence-electron chi connectivity index (χ3n) is 3.25. The van der Waals surface area contributed by atoms with Crippen LogP contribution in [-0.2, 0) is 9.53 Å². The highest BCUT2D eigenvalue weighted by atomic mass is 16.6. The van der Waals surface area contributed by atoms with Crippen LogP contribution in [-0.4, -0.2) is 30.5 Å². The minimum atomic E-state index is -0.722. The molecule has 0 aliphatic heterocycles. The van der Waals surface area contributed by atoms with Crippen molar-refractivity contribution in [2.24, 2.45) is 0 Å². The molecular formula is C17H13N3O6. The van der Waals surface area contributed by atoms with Crippen molar-refractivity contribution in [3.63, 3.8) is 0 Å². The fraction of sp³-hybridized carbons (Fsp3) is 0.118. The zero-order valence-corrected chi connectivity index (χ0v) is 13.6. The minimum Gasteiger partial charge on any atom is -0.494 e. The number of carbonyl (C=O) groups is 2. The lowest BCUT2D eigenvalue weighted by molar-refractivity contribution is -0.384. The summed E-state index contributed by atoms with van der Waals surface area (Å²) in [6.45, 7) is -0.557. The number of esters is 1. The number of rotatable bonds is 6. The molecule has 0 heterocycles. The molecule has 0 bridgehead atoms. The number of anilines is 1. The number of hydrogen-bond acceptors (Lipinski definition) is 7. The van der Waals surface area contributed by atoms with Crippen LogP contribution in [0.4, 0.5) is 11.4 Å². The standard InChI is InChI=1S/C17H13N3O6/c1-25-15-8-13(20(23)24)6-7-14(15)19-16(21)10-26-17(22)12-4-2-11(9-18)3-5-12/h2-8H,10H2,1H3,(H,19,21). The van der Waals surface area contributed by atoms with Crippen LogP contribution in [0.3, 0.4) is 0 Å². The van der Waals surface area contributed by atoms with Gasteiger partial charge in [0.15, 0.2) is 6.61 Å². The maximum Gasteiger partial charge on any atom is 0.338 e. The molecule has 0 aromatic heterocycles. The van der Waals surface area contributed by atoms with Gasteiger partial charge in [0, 0.05) is 6.07 Å². The maximum absolute atomic E-state index is 11.9. The first-order valence-corrected chi connectivity index (χ1v) is 7.24. The molecule has 1 N–H and O–H groups in total.